The molecular weight excluding hydrogens is 184 g/mol. The predicted octanol–water partition coefficient (Wildman–Crippen LogP) is 1.15. The summed E-state index contributed by atoms with van der Waals surface area (Å²) in [6, 6.07) is 0. The van der Waals surface area contributed by atoms with E-state index < -0.39 is 18.2 Å². The van der Waals surface area contributed by atoms with Crippen molar-refractivity contribution in [1.29, 1.82) is 0 Å². The molecule has 3 N–H and O–H groups in total. The summed E-state index contributed by atoms with van der Waals surface area (Å²) in [5.74, 6) is -1.03. The summed E-state index contributed by atoms with van der Waals surface area (Å²) < 4.78 is 0. The molecule has 2 atom stereocenters. The summed E-state index contributed by atoms with van der Waals surface area (Å²) in [7, 11) is 0. The molecular formula is C10H20O4. The van der Waals surface area contributed by atoms with Crippen molar-refractivity contribution in [3.05, 3.63) is 0 Å². The van der Waals surface area contributed by atoms with Crippen molar-refractivity contribution in [3.63, 3.8) is 0 Å². The fourth-order valence-electron chi connectivity index (χ4n) is 1.35. The van der Waals surface area contributed by atoms with E-state index in [0.717, 1.165) is 19.3 Å². The lowest BCUT2D eigenvalue weighted by molar-refractivity contribution is -0.139. The molecule has 0 aliphatic heterocycles. The first-order chi connectivity index (χ1) is 6.56. The smallest absolute Gasteiger partial charge is 0.305 e. The van der Waals surface area contributed by atoms with Crippen LogP contribution in [0.5, 0.6) is 0 Å². The molecule has 4 heteroatoms. The van der Waals surface area contributed by atoms with Gasteiger partial charge in [0, 0.05) is 0 Å². The fraction of sp³-hybridized carbons (Fsp3) is 0.900. The topological polar surface area (TPSA) is 77.8 Å². The van der Waals surface area contributed by atoms with Crippen molar-refractivity contribution in [2.75, 3.05) is 0 Å². The van der Waals surface area contributed by atoms with E-state index in [4.69, 9.17) is 5.11 Å². The number of aliphatic carboxylic acids is 1. The van der Waals surface area contributed by atoms with Crippen LogP contribution >= 0.6 is 0 Å². The van der Waals surface area contributed by atoms with E-state index in [2.05, 4.69) is 6.92 Å². The van der Waals surface area contributed by atoms with Crippen molar-refractivity contribution in [3.8, 4) is 0 Å². The van der Waals surface area contributed by atoms with Crippen molar-refractivity contribution in [1.82, 2.24) is 0 Å². The molecule has 0 heterocycles. The molecule has 0 spiro atoms. The van der Waals surface area contributed by atoms with Gasteiger partial charge in [0.25, 0.3) is 0 Å². The molecule has 0 fully saturated rings. The van der Waals surface area contributed by atoms with Crippen molar-refractivity contribution in [2.45, 2.75) is 57.7 Å². The first-order valence-electron chi connectivity index (χ1n) is 5.14. The number of hydrogen-bond donors (Lipinski definition) is 3. The van der Waals surface area contributed by atoms with Gasteiger partial charge in [0.05, 0.1) is 18.6 Å². The van der Waals surface area contributed by atoms with Crippen LogP contribution in [0.1, 0.15) is 45.4 Å². The Morgan fingerprint density at radius 1 is 1.21 bits per heavy atom. The Labute approximate surface area is 84.6 Å². The Balaban J connectivity index is 3.49. The zero-order chi connectivity index (χ0) is 11.0. The van der Waals surface area contributed by atoms with Gasteiger partial charge in [-0.05, 0) is 12.8 Å². The Kier molecular flexibility index (Phi) is 7.42. The van der Waals surface area contributed by atoms with Gasteiger partial charge in [-0.15, -0.1) is 0 Å². The fourth-order valence-corrected chi connectivity index (χ4v) is 1.35. The van der Waals surface area contributed by atoms with Crippen molar-refractivity contribution in [2.24, 2.45) is 0 Å². The highest BCUT2D eigenvalue weighted by Crippen LogP contribution is 2.10. The average Bonchev–Trinajstić information content (AvgIpc) is 2.02. The molecule has 0 aromatic heterocycles. The van der Waals surface area contributed by atoms with Gasteiger partial charge in [0.15, 0.2) is 0 Å². The second kappa shape index (κ2) is 7.76. The van der Waals surface area contributed by atoms with E-state index in [1.165, 1.54) is 0 Å². The molecule has 0 aromatic carbocycles. The maximum atomic E-state index is 10.2. The van der Waals surface area contributed by atoms with Gasteiger partial charge in [0.1, 0.15) is 0 Å². The third kappa shape index (κ3) is 8.01. The van der Waals surface area contributed by atoms with Crippen LogP contribution < -0.4 is 0 Å². The van der Waals surface area contributed by atoms with Crippen LogP contribution in [0.15, 0.2) is 0 Å². The monoisotopic (exact) mass is 204 g/mol. The molecule has 0 aliphatic rings. The van der Waals surface area contributed by atoms with E-state index in [-0.39, 0.29) is 12.8 Å². The molecule has 14 heavy (non-hydrogen) atoms. The Bertz CT molecular complexity index is 158. The number of aliphatic hydroxyl groups excluding tert-OH is 2. The average molecular weight is 204 g/mol. The summed E-state index contributed by atoms with van der Waals surface area (Å²) in [6.07, 6.45) is 2.10. The molecule has 84 valence electrons. The molecule has 0 bridgehead atoms. The Morgan fingerprint density at radius 3 is 2.36 bits per heavy atom. The number of aliphatic hydroxyl groups is 2. The molecule has 0 aromatic rings. The molecule has 4 nitrogen and oxygen atoms in total. The summed E-state index contributed by atoms with van der Waals surface area (Å²) in [4.78, 5) is 10.2. The molecule has 0 unspecified atom stereocenters. The van der Waals surface area contributed by atoms with Crippen LogP contribution in [0.3, 0.4) is 0 Å². The largest absolute Gasteiger partial charge is 0.481 e. The lowest BCUT2D eigenvalue weighted by Crippen LogP contribution is -2.20. The van der Waals surface area contributed by atoms with Gasteiger partial charge in [-0.2, -0.15) is 0 Å². The van der Waals surface area contributed by atoms with Crippen molar-refractivity contribution >= 4 is 5.97 Å². The normalized spacial score (nSPS) is 15.1. The highest BCUT2D eigenvalue weighted by Gasteiger charge is 2.14. The van der Waals surface area contributed by atoms with Crippen molar-refractivity contribution < 1.29 is 20.1 Å². The Morgan fingerprint density at radius 2 is 1.86 bits per heavy atom. The highest BCUT2D eigenvalue weighted by atomic mass is 16.4. The van der Waals surface area contributed by atoms with E-state index in [1.54, 1.807) is 0 Å². The van der Waals surface area contributed by atoms with Gasteiger partial charge in [-0.25, -0.2) is 0 Å². The molecule has 0 saturated heterocycles. The van der Waals surface area contributed by atoms with Crippen LogP contribution in [-0.2, 0) is 4.79 Å². The molecule has 0 radical (unpaired) electrons. The summed E-state index contributed by atoms with van der Waals surface area (Å²) in [6.45, 7) is 2.08. The van der Waals surface area contributed by atoms with Crippen LogP contribution in [0.4, 0.5) is 0 Å². The number of carbonyl (C=O) groups is 1. The van der Waals surface area contributed by atoms with Gasteiger partial charge in [0.2, 0.25) is 0 Å². The number of carboxylic acid groups (broad SMARTS) is 1. The first kappa shape index (κ1) is 13.4. The third-order valence-electron chi connectivity index (χ3n) is 2.10. The minimum Gasteiger partial charge on any atom is -0.481 e. The van der Waals surface area contributed by atoms with E-state index >= 15 is 0 Å². The minimum absolute atomic E-state index is 0.163. The van der Waals surface area contributed by atoms with E-state index in [0.29, 0.717) is 6.42 Å². The number of hydrogen-bond acceptors (Lipinski definition) is 3. The SMILES string of the molecule is CCCCC[C@H](O)C[C@H](O)CC(=O)O. The van der Waals surface area contributed by atoms with Gasteiger partial charge < -0.3 is 15.3 Å². The highest BCUT2D eigenvalue weighted by molar-refractivity contribution is 5.67. The van der Waals surface area contributed by atoms with Crippen LogP contribution in [0.2, 0.25) is 0 Å². The molecule has 0 aliphatic carbocycles. The summed E-state index contributed by atoms with van der Waals surface area (Å²) in [5, 5.41) is 27.0. The lowest BCUT2D eigenvalue weighted by Gasteiger charge is -2.13. The second-order valence-electron chi connectivity index (χ2n) is 3.64. The predicted molar refractivity (Wildman–Crippen MR) is 53.0 cm³/mol. The zero-order valence-electron chi connectivity index (χ0n) is 8.65. The number of rotatable bonds is 8. The quantitative estimate of drug-likeness (QED) is 0.518. The van der Waals surface area contributed by atoms with Crippen LogP contribution in [-0.4, -0.2) is 33.5 Å². The standard InChI is InChI=1S/C10H20O4/c1-2-3-4-5-8(11)6-9(12)7-10(13)14/h8-9,11-12H,2-7H2,1H3,(H,13,14)/t8-,9-/m0/s1. The molecule has 0 rings (SSSR count). The van der Waals surface area contributed by atoms with E-state index in [1.807, 2.05) is 0 Å². The lowest BCUT2D eigenvalue weighted by atomic mass is 10.0. The summed E-state index contributed by atoms with van der Waals surface area (Å²) in [5.41, 5.74) is 0. The zero-order valence-corrected chi connectivity index (χ0v) is 8.65. The Hall–Kier alpha value is -0.610. The maximum Gasteiger partial charge on any atom is 0.305 e. The summed E-state index contributed by atoms with van der Waals surface area (Å²) >= 11 is 0. The molecule has 0 saturated carbocycles. The minimum atomic E-state index is -1.03. The maximum absolute atomic E-state index is 10.2. The molecule has 0 amide bonds. The van der Waals surface area contributed by atoms with Crippen LogP contribution in [0.25, 0.3) is 0 Å². The van der Waals surface area contributed by atoms with Crippen LogP contribution in [0, 0.1) is 0 Å². The van der Waals surface area contributed by atoms with Gasteiger partial charge in [-0.1, -0.05) is 26.2 Å². The number of unbranched alkanes of at least 4 members (excludes halogenated alkanes) is 2. The number of carboxylic acids is 1. The van der Waals surface area contributed by atoms with E-state index in [9.17, 15) is 15.0 Å². The second-order valence-corrected chi connectivity index (χ2v) is 3.64. The third-order valence-corrected chi connectivity index (χ3v) is 2.10. The van der Waals surface area contributed by atoms with Gasteiger partial charge in [-0.3, -0.25) is 4.79 Å². The van der Waals surface area contributed by atoms with Gasteiger partial charge >= 0.3 is 5.97 Å². The first-order valence-corrected chi connectivity index (χ1v) is 5.14.